The summed E-state index contributed by atoms with van der Waals surface area (Å²) in [5, 5.41) is 12.9. The molecule has 1 fully saturated rings. The van der Waals surface area contributed by atoms with Crippen molar-refractivity contribution in [1.82, 2.24) is 19.9 Å². The summed E-state index contributed by atoms with van der Waals surface area (Å²) >= 11 is 2.04. The fourth-order valence-corrected chi connectivity index (χ4v) is 3.68. The van der Waals surface area contributed by atoms with Crippen LogP contribution in [0.5, 0.6) is 0 Å². The summed E-state index contributed by atoms with van der Waals surface area (Å²) < 4.78 is 2.06. The average Bonchev–Trinajstić information content (AvgIpc) is 2.95. The summed E-state index contributed by atoms with van der Waals surface area (Å²) in [6.45, 7) is 4.46. The van der Waals surface area contributed by atoms with E-state index in [1.807, 2.05) is 36.2 Å². The van der Waals surface area contributed by atoms with Gasteiger partial charge in [0.25, 0.3) is 0 Å². The maximum Gasteiger partial charge on any atom is 0.160 e. The van der Waals surface area contributed by atoms with Gasteiger partial charge in [-0.15, -0.1) is 10.2 Å². The van der Waals surface area contributed by atoms with Gasteiger partial charge in [-0.3, -0.25) is 4.40 Å². The zero-order valence-corrected chi connectivity index (χ0v) is 11.5. The summed E-state index contributed by atoms with van der Waals surface area (Å²) in [6, 6.07) is 6.81. The molecule has 0 amide bonds. The van der Waals surface area contributed by atoms with Gasteiger partial charge in [0, 0.05) is 23.2 Å². The third-order valence-corrected chi connectivity index (χ3v) is 4.77. The first-order chi connectivity index (χ1) is 8.74. The van der Waals surface area contributed by atoms with Crippen molar-refractivity contribution in [2.45, 2.75) is 37.6 Å². The largest absolute Gasteiger partial charge is 0.304 e. The maximum atomic E-state index is 4.30. The van der Waals surface area contributed by atoms with Gasteiger partial charge in [0.15, 0.2) is 11.5 Å². The lowest BCUT2D eigenvalue weighted by Crippen LogP contribution is -2.32. The molecule has 1 saturated heterocycles. The summed E-state index contributed by atoms with van der Waals surface area (Å²) in [5.74, 6) is 2.19. The maximum absolute atomic E-state index is 4.30. The highest BCUT2D eigenvalue weighted by molar-refractivity contribution is 8.00. The Bertz CT molecular complexity index is 539. The van der Waals surface area contributed by atoms with Crippen LogP contribution in [0, 0.1) is 0 Å². The molecule has 3 heterocycles. The number of hydrogen-bond donors (Lipinski definition) is 1. The number of nitrogens with one attached hydrogen (secondary N) is 1. The number of nitrogens with zero attached hydrogens (tertiary/aromatic N) is 3. The number of hydrogen-bond acceptors (Lipinski definition) is 4. The molecule has 2 aromatic heterocycles. The third-order valence-electron chi connectivity index (χ3n) is 3.41. The first-order valence-corrected chi connectivity index (χ1v) is 7.46. The van der Waals surface area contributed by atoms with E-state index in [-0.39, 0.29) is 6.04 Å². The van der Waals surface area contributed by atoms with Crippen molar-refractivity contribution in [2.24, 2.45) is 0 Å². The van der Waals surface area contributed by atoms with Gasteiger partial charge in [0.2, 0.25) is 0 Å². The van der Waals surface area contributed by atoms with Crippen molar-refractivity contribution in [1.29, 1.82) is 0 Å². The highest BCUT2D eigenvalue weighted by atomic mass is 32.2. The zero-order valence-electron chi connectivity index (χ0n) is 10.7. The second kappa shape index (κ2) is 4.90. The van der Waals surface area contributed by atoms with Gasteiger partial charge in [-0.25, -0.2) is 0 Å². The molecule has 0 aliphatic carbocycles. The van der Waals surface area contributed by atoms with E-state index in [0.717, 1.165) is 16.7 Å². The SMILES string of the molecule is CC1CC(NC(C)c2nnc3ccccn23)CS1. The predicted molar refractivity (Wildman–Crippen MR) is 74.9 cm³/mol. The Balaban J connectivity index is 1.77. The van der Waals surface area contributed by atoms with E-state index < -0.39 is 0 Å². The molecule has 0 aromatic carbocycles. The van der Waals surface area contributed by atoms with Crippen LogP contribution in [0.3, 0.4) is 0 Å². The van der Waals surface area contributed by atoms with Gasteiger partial charge < -0.3 is 5.32 Å². The molecule has 0 bridgehead atoms. The highest BCUT2D eigenvalue weighted by Crippen LogP contribution is 2.27. The van der Waals surface area contributed by atoms with Gasteiger partial charge in [-0.1, -0.05) is 13.0 Å². The molecule has 0 spiro atoms. The lowest BCUT2D eigenvalue weighted by Gasteiger charge is -2.17. The second-order valence-electron chi connectivity index (χ2n) is 4.95. The van der Waals surface area contributed by atoms with E-state index in [9.17, 15) is 0 Å². The van der Waals surface area contributed by atoms with Gasteiger partial charge in [0.05, 0.1) is 6.04 Å². The van der Waals surface area contributed by atoms with Gasteiger partial charge >= 0.3 is 0 Å². The third kappa shape index (κ3) is 2.24. The molecular weight excluding hydrogens is 244 g/mol. The van der Waals surface area contributed by atoms with E-state index in [0.29, 0.717) is 6.04 Å². The Kier molecular flexibility index (Phi) is 3.26. The molecule has 3 unspecified atom stereocenters. The van der Waals surface area contributed by atoms with E-state index >= 15 is 0 Å². The average molecular weight is 262 g/mol. The van der Waals surface area contributed by atoms with Gasteiger partial charge in [-0.2, -0.15) is 11.8 Å². The minimum Gasteiger partial charge on any atom is -0.304 e. The monoisotopic (exact) mass is 262 g/mol. The molecule has 1 aliphatic rings. The van der Waals surface area contributed by atoms with E-state index in [4.69, 9.17) is 0 Å². The van der Waals surface area contributed by atoms with Crippen LogP contribution in [0.1, 0.15) is 32.1 Å². The Morgan fingerprint density at radius 1 is 1.44 bits per heavy atom. The molecule has 2 aromatic rings. The number of rotatable bonds is 3. The lowest BCUT2D eigenvalue weighted by atomic mass is 10.1. The van der Waals surface area contributed by atoms with Crippen molar-refractivity contribution in [3.05, 3.63) is 30.2 Å². The van der Waals surface area contributed by atoms with Crippen LogP contribution in [-0.4, -0.2) is 31.6 Å². The van der Waals surface area contributed by atoms with E-state index in [1.54, 1.807) is 0 Å². The van der Waals surface area contributed by atoms with Crippen molar-refractivity contribution in [3.63, 3.8) is 0 Å². The normalized spacial score (nSPS) is 25.7. The van der Waals surface area contributed by atoms with Crippen LogP contribution in [0.2, 0.25) is 0 Å². The van der Waals surface area contributed by atoms with E-state index in [1.165, 1.54) is 12.2 Å². The number of thioether (sulfide) groups is 1. The Hall–Kier alpha value is -1.07. The lowest BCUT2D eigenvalue weighted by molar-refractivity contribution is 0.457. The predicted octanol–water partition coefficient (Wildman–Crippen LogP) is 2.27. The standard InChI is InChI=1S/C13H18N4S/c1-9-7-11(8-18-9)14-10(2)13-16-15-12-5-3-4-6-17(12)13/h3-6,9-11,14H,7-8H2,1-2H3. The molecule has 4 nitrogen and oxygen atoms in total. The smallest absolute Gasteiger partial charge is 0.160 e. The van der Waals surface area contributed by atoms with Crippen LogP contribution < -0.4 is 5.32 Å². The minimum atomic E-state index is 0.235. The summed E-state index contributed by atoms with van der Waals surface area (Å²) in [4.78, 5) is 0. The van der Waals surface area contributed by atoms with Crippen molar-refractivity contribution in [3.8, 4) is 0 Å². The Morgan fingerprint density at radius 2 is 2.33 bits per heavy atom. The van der Waals surface area contributed by atoms with E-state index in [2.05, 4.69) is 33.8 Å². The van der Waals surface area contributed by atoms with Gasteiger partial charge in [0.1, 0.15) is 0 Å². The van der Waals surface area contributed by atoms with Crippen molar-refractivity contribution < 1.29 is 0 Å². The Morgan fingerprint density at radius 3 is 3.11 bits per heavy atom. The number of fused-ring (bicyclic) bond motifs is 1. The molecular formula is C13H18N4S. The first-order valence-electron chi connectivity index (χ1n) is 6.41. The molecule has 0 radical (unpaired) electrons. The first kappa shape index (κ1) is 12.0. The molecule has 1 N–H and O–H groups in total. The minimum absolute atomic E-state index is 0.235. The molecule has 0 saturated carbocycles. The molecule has 1 aliphatic heterocycles. The van der Waals surface area contributed by atoms with Gasteiger partial charge in [-0.05, 0) is 25.5 Å². The zero-order chi connectivity index (χ0) is 12.5. The number of pyridine rings is 1. The molecule has 5 heteroatoms. The molecule has 3 rings (SSSR count). The van der Waals surface area contributed by atoms with Crippen LogP contribution >= 0.6 is 11.8 Å². The van der Waals surface area contributed by atoms with Crippen LogP contribution in [0.15, 0.2) is 24.4 Å². The highest BCUT2D eigenvalue weighted by Gasteiger charge is 2.24. The second-order valence-corrected chi connectivity index (χ2v) is 6.42. The van der Waals surface area contributed by atoms with Crippen molar-refractivity contribution >= 4 is 17.4 Å². The number of aromatic nitrogens is 3. The van der Waals surface area contributed by atoms with Crippen LogP contribution in [0.25, 0.3) is 5.65 Å². The van der Waals surface area contributed by atoms with Crippen LogP contribution in [-0.2, 0) is 0 Å². The summed E-state index contributed by atoms with van der Waals surface area (Å²) in [6.07, 6.45) is 3.26. The summed E-state index contributed by atoms with van der Waals surface area (Å²) in [5.41, 5.74) is 0.912. The molecule has 3 atom stereocenters. The van der Waals surface area contributed by atoms with Crippen LogP contribution in [0.4, 0.5) is 0 Å². The fourth-order valence-electron chi connectivity index (χ4n) is 2.52. The Labute approximate surface area is 111 Å². The molecule has 18 heavy (non-hydrogen) atoms. The quantitative estimate of drug-likeness (QED) is 0.921. The summed E-state index contributed by atoms with van der Waals surface area (Å²) in [7, 11) is 0. The fraction of sp³-hybridized carbons (Fsp3) is 0.538. The van der Waals surface area contributed by atoms with Crippen molar-refractivity contribution in [2.75, 3.05) is 5.75 Å². The topological polar surface area (TPSA) is 42.2 Å². The molecule has 96 valence electrons.